The predicted octanol–water partition coefficient (Wildman–Crippen LogP) is 5.77. The summed E-state index contributed by atoms with van der Waals surface area (Å²) in [5.74, 6) is -1.06. The molecule has 4 rings (SSSR count). The number of nitrogens with zero attached hydrogens (tertiary/aromatic N) is 1. The average molecular weight is 434 g/mol. The lowest BCUT2D eigenvalue weighted by Gasteiger charge is -2.11. The van der Waals surface area contributed by atoms with Crippen LogP contribution in [0.4, 0.5) is 10.1 Å². The second kappa shape index (κ2) is 8.97. The van der Waals surface area contributed by atoms with E-state index in [1.165, 1.54) is 23.5 Å². The van der Waals surface area contributed by atoms with Gasteiger partial charge in [-0.3, -0.25) is 4.79 Å². The van der Waals surface area contributed by atoms with E-state index in [0.29, 0.717) is 21.8 Å². The molecule has 0 aliphatic rings. The number of rotatable bonds is 6. The normalized spacial score (nSPS) is 10.6. The van der Waals surface area contributed by atoms with Crippen LogP contribution in [-0.2, 0) is 4.74 Å². The molecule has 0 radical (unpaired) electrons. The molecule has 0 aliphatic carbocycles. The molecule has 0 bridgehead atoms. The predicted molar refractivity (Wildman–Crippen MR) is 119 cm³/mol. The molecular formula is C24H19FN2O3S. The van der Waals surface area contributed by atoms with Gasteiger partial charge in [-0.25, -0.2) is 9.18 Å². The molecular weight excluding hydrogens is 415 g/mol. The van der Waals surface area contributed by atoms with Crippen molar-refractivity contribution in [3.8, 4) is 16.8 Å². The molecule has 2 heterocycles. The van der Waals surface area contributed by atoms with Crippen LogP contribution in [0.3, 0.4) is 0 Å². The van der Waals surface area contributed by atoms with Gasteiger partial charge in [0.15, 0.2) is 0 Å². The second-order valence-electron chi connectivity index (χ2n) is 6.68. The first-order chi connectivity index (χ1) is 15.1. The third kappa shape index (κ3) is 4.41. The molecule has 7 heteroatoms. The number of nitrogens with one attached hydrogen (secondary N) is 1. The first kappa shape index (κ1) is 20.6. The number of ether oxygens (including phenoxy) is 1. The van der Waals surface area contributed by atoms with Crippen molar-refractivity contribution in [1.82, 2.24) is 4.57 Å². The van der Waals surface area contributed by atoms with Gasteiger partial charge in [-0.05, 0) is 55.0 Å². The SMILES string of the molecule is CCOC(=O)c1cccc(NC(=O)c2scc(-c3ccc(F)cc3)c2-n2cccc2)c1. The highest BCUT2D eigenvalue weighted by Gasteiger charge is 2.21. The highest BCUT2D eigenvalue weighted by molar-refractivity contribution is 7.13. The van der Waals surface area contributed by atoms with Gasteiger partial charge in [0, 0.05) is 29.0 Å². The number of thiophene rings is 1. The molecule has 31 heavy (non-hydrogen) atoms. The molecule has 1 amide bonds. The van der Waals surface area contributed by atoms with E-state index in [4.69, 9.17) is 4.74 Å². The average Bonchev–Trinajstić information content (AvgIpc) is 3.44. The highest BCUT2D eigenvalue weighted by atomic mass is 32.1. The van der Waals surface area contributed by atoms with Gasteiger partial charge in [0.2, 0.25) is 0 Å². The Labute approximate surface area is 182 Å². The van der Waals surface area contributed by atoms with Crippen molar-refractivity contribution in [2.75, 3.05) is 11.9 Å². The second-order valence-corrected chi connectivity index (χ2v) is 7.56. The Balaban J connectivity index is 1.68. The topological polar surface area (TPSA) is 60.3 Å². The molecule has 2 aromatic carbocycles. The van der Waals surface area contributed by atoms with E-state index in [0.717, 1.165) is 11.1 Å². The van der Waals surface area contributed by atoms with Gasteiger partial charge in [-0.2, -0.15) is 0 Å². The number of aromatic nitrogens is 1. The van der Waals surface area contributed by atoms with Crippen LogP contribution in [0.2, 0.25) is 0 Å². The number of benzene rings is 2. The van der Waals surface area contributed by atoms with Crippen LogP contribution in [-0.4, -0.2) is 23.1 Å². The van der Waals surface area contributed by atoms with Gasteiger partial charge < -0.3 is 14.6 Å². The van der Waals surface area contributed by atoms with E-state index >= 15 is 0 Å². The Bertz CT molecular complexity index is 1210. The Hall–Kier alpha value is -3.71. The number of carbonyl (C=O) groups is 2. The molecule has 0 atom stereocenters. The van der Waals surface area contributed by atoms with Crippen LogP contribution < -0.4 is 5.32 Å². The van der Waals surface area contributed by atoms with E-state index in [1.54, 1.807) is 43.3 Å². The van der Waals surface area contributed by atoms with E-state index in [1.807, 2.05) is 34.5 Å². The van der Waals surface area contributed by atoms with E-state index in [2.05, 4.69) is 5.32 Å². The largest absolute Gasteiger partial charge is 0.462 e. The van der Waals surface area contributed by atoms with Crippen LogP contribution in [0.5, 0.6) is 0 Å². The summed E-state index contributed by atoms with van der Waals surface area (Å²) in [6.07, 6.45) is 3.71. The number of carbonyl (C=O) groups excluding carboxylic acids is 2. The standard InChI is InChI=1S/C24H19FN2O3S/c1-2-30-24(29)17-6-5-7-19(14-17)26-23(28)22-21(27-12-3-4-13-27)20(15-31-22)16-8-10-18(25)11-9-16/h3-15H,2H2,1H3,(H,26,28). The van der Waals surface area contributed by atoms with Crippen molar-refractivity contribution >= 4 is 28.9 Å². The van der Waals surface area contributed by atoms with Crippen molar-refractivity contribution in [3.05, 3.63) is 94.7 Å². The third-order valence-electron chi connectivity index (χ3n) is 4.62. The van der Waals surface area contributed by atoms with Gasteiger partial charge in [0.25, 0.3) is 5.91 Å². The van der Waals surface area contributed by atoms with Crippen LogP contribution in [0, 0.1) is 5.82 Å². The van der Waals surface area contributed by atoms with Crippen LogP contribution in [0.1, 0.15) is 27.0 Å². The number of hydrogen-bond acceptors (Lipinski definition) is 4. The van der Waals surface area contributed by atoms with Gasteiger partial charge in [-0.1, -0.05) is 18.2 Å². The lowest BCUT2D eigenvalue weighted by atomic mass is 10.1. The van der Waals surface area contributed by atoms with E-state index in [9.17, 15) is 14.0 Å². The van der Waals surface area contributed by atoms with E-state index in [-0.39, 0.29) is 18.3 Å². The minimum Gasteiger partial charge on any atom is -0.462 e. The molecule has 5 nitrogen and oxygen atoms in total. The maximum Gasteiger partial charge on any atom is 0.338 e. The van der Waals surface area contributed by atoms with Gasteiger partial charge in [0.1, 0.15) is 10.7 Å². The molecule has 2 aromatic heterocycles. The zero-order chi connectivity index (χ0) is 21.8. The summed E-state index contributed by atoms with van der Waals surface area (Å²) >= 11 is 1.30. The van der Waals surface area contributed by atoms with Crippen molar-refractivity contribution in [1.29, 1.82) is 0 Å². The molecule has 0 saturated carbocycles. The van der Waals surface area contributed by atoms with Crippen molar-refractivity contribution in [2.45, 2.75) is 6.92 Å². The summed E-state index contributed by atoms with van der Waals surface area (Å²) in [4.78, 5) is 25.6. The fraction of sp³-hybridized carbons (Fsp3) is 0.0833. The van der Waals surface area contributed by atoms with Crippen LogP contribution in [0.15, 0.2) is 78.4 Å². The molecule has 4 aromatic rings. The number of hydrogen-bond donors (Lipinski definition) is 1. The Morgan fingerprint density at radius 2 is 1.81 bits per heavy atom. The Morgan fingerprint density at radius 1 is 1.06 bits per heavy atom. The highest BCUT2D eigenvalue weighted by Crippen LogP contribution is 2.35. The van der Waals surface area contributed by atoms with Crippen LogP contribution >= 0.6 is 11.3 Å². The smallest absolute Gasteiger partial charge is 0.338 e. The number of anilines is 1. The summed E-state index contributed by atoms with van der Waals surface area (Å²) in [6, 6.07) is 16.5. The Morgan fingerprint density at radius 3 is 2.52 bits per heavy atom. The van der Waals surface area contributed by atoms with Gasteiger partial charge in [0.05, 0.1) is 17.9 Å². The molecule has 156 valence electrons. The molecule has 0 saturated heterocycles. The minimum atomic E-state index is -0.443. The van der Waals surface area contributed by atoms with Crippen molar-refractivity contribution < 1.29 is 18.7 Å². The zero-order valence-electron chi connectivity index (χ0n) is 16.7. The van der Waals surface area contributed by atoms with Crippen LogP contribution in [0.25, 0.3) is 16.8 Å². The van der Waals surface area contributed by atoms with Gasteiger partial charge in [-0.15, -0.1) is 11.3 Å². The van der Waals surface area contributed by atoms with E-state index < -0.39 is 5.97 Å². The zero-order valence-corrected chi connectivity index (χ0v) is 17.5. The summed E-state index contributed by atoms with van der Waals surface area (Å²) < 4.78 is 20.3. The summed E-state index contributed by atoms with van der Waals surface area (Å²) in [5.41, 5.74) is 3.20. The summed E-state index contributed by atoms with van der Waals surface area (Å²) in [5, 5.41) is 4.74. The molecule has 0 fully saturated rings. The molecule has 1 N–H and O–H groups in total. The maximum absolute atomic E-state index is 13.4. The first-order valence-corrected chi connectivity index (χ1v) is 10.5. The molecule has 0 aliphatic heterocycles. The lowest BCUT2D eigenvalue weighted by molar-refractivity contribution is 0.0526. The fourth-order valence-corrected chi connectivity index (χ4v) is 4.18. The minimum absolute atomic E-state index is 0.275. The van der Waals surface area contributed by atoms with Crippen molar-refractivity contribution in [3.63, 3.8) is 0 Å². The Kier molecular flexibility index (Phi) is 5.95. The fourth-order valence-electron chi connectivity index (χ4n) is 3.21. The third-order valence-corrected chi connectivity index (χ3v) is 5.59. The molecule has 0 unspecified atom stereocenters. The summed E-state index contributed by atoms with van der Waals surface area (Å²) in [7, 11) is 0. The first-order valence-electron chi connectivity index (χ1n) is 9.66. The lowest BCUT2D eigenvalue weighted by Crippen LogP contribution is -2.13. The summed E-state index contributed by atoms with van der Waals surface area (Å²) in [6.45, 7) is 2.01. The monoisotopic (exact) mass is 434 g/mol. The number of halogens is 1. The number of esters is 1. The maximum atomic E-state index is 13.4. The molecule has 0 spiro atoms. The van der Waals surface area contributed by atoms with Gasteiger partial charge >= 0.3 is 5.97 Å². The van der Waals surface area contributed by atoms with Crippen molar-refractivity contribution in [2.24, 2.45) is 0 Å². The quantitative estimate of drug-likeness (QED) is 0.392. The number of amides is 1.